The highest BCUT2D eigenvalue weighted by atomic mass is 16.5. The third kappa shape index (κ3) is 1.71. The van der Waals surface area contributed by atoms with Crippen molar-refractivity contribution in [3.05, 3.63) is 35.7 Å². The van der Waals surface area contributed by atoms with Gasteiger partial charge in [0.2, 0.25) is 5.82 Å². The Morgan fingerprint density at radius 3 is 3.00 bits per heavy atom. The smallest absolute Gasteiger partial charge is 0.258 e. The molecule has 1 N–H and O–H groups in total. The van der Waals surface area contributed by atoms with Gasteiger partial charge in [-0.25, -0.2) is 4.98 Å². The molecule has 0 aliphatic carbocycles. The Hall–Kier alpha value is -2.54. The molecule has 1 aliphatic heterocycles. The average molecular weight is 255 g/mol. The predicted octanol–water partition coefficient (Wildman–Crippen LogP) is 1.55. The lowest BCUT2D eigenvalue weighted by atomic mass is 10.1. The number of ether oxygens (including phenoxy) is 1. The van der Waals surface area contributed by atoms with Crippen LogP contribution in [0.15, 0.2) is 29.0 Å². The summed E-state index contributed by atoms with van der Waals surface area (Å²) < 4.78 is 10.6. The number of benzene rings is 1. The molecule has 2 aromatic heterocycles. The Balaban J connectivity index is 1.73. The number of nitrogens with one attached hydrogen (secondary N) is 1. The minimum atomic E-state index is 0.393. The molecule has 3 heterocycles. The van der Waals surface area contributed by atoms with Crippen molar-refractivity contribution in [3.8, 4) is 23.1 Å². The van der Waals surface area contributed by atoms with Gasteiger partial charge in [-0.05, 0) is 23.3 Å². The van der Waals surface area contributed by atoms with E-state index >= 15 is 0 Å². The minimum absolute atomic E-state index is 0.393. The first kappa shape index (κ1) is 10.4. The maximum atomic E-state index is 5.38. The number of aromatic nitrogens is 5. The van der Waals surface area contributed by atoms with Gasteiger partial charge in [-0.1, -0.05) is 11.2 Å². The van der Waals surface area contributed by atoms with Crippen molar-refractivity contribution >= 4 is 0 Å². The van der Waals surface area contributed by atoms with Crippen LogP contribution in [-0.4, -0.2) is 25.3 Å². The highest BCUT2D eigenvalue weighted by molar-refractivity contribution is 5.58. The molecule has 4 rings (SSSR count). The molecule has 0 bridgehead atoms. The quantitative estimate of drug-likeness (QED) is 0.747. The number of fused-ring (bicyclic) bond motifs is 1. The fourth-order valence-corrected chi connectivity index (χ4v) is 2.06. The summed E-state index contributed by atoms with van der Waals surface area (Å²) >= 11 is 0. The van der Waals surface area contributed by atoms with Gasteiger partial charge >= 0.3 is 0 Å². The summed E-state index contributed by atoms with van der Waals surface area (Å²) in [7, 11) is 0. The molecule has 0 fully saturated rings. The van der Waals surface area contributed by atoms with Crippen LogP contribution >= 0.6 is 0 Å². The molecule has 0 atom stereocenters. The molecule has 0 saturated heterocycles. The zero-order valence-electron chi connectivity index (χ0n) is 9.83. The van der Waals surface area contributed by atoms with E-state index in [4.69, 9.17) is 9.26 Å². The summed E-state index contributed by atoms with van der Waals surface area (Å²) in [6.07, 6.45) is 1.40. The van der Waals surface area contributed by atoms with E-state index in [1.807, 2.05) is 18.2 Å². The van der Waals surface area contributed by atoms with Crippen LogP contribution in [0.25, 0.3) is 23.1 Å². The molecule has 94 valence electrons. The van der Waals surface area contributed by atoms with Crippen LogP contribution in [0.1, 0.15) is 11.1 Å². The van der Waals surface area contributed by atoms with Crippen molar-refractivity contribution in [1.29, 1.82) is 0 Å². The molecule has 7 nitrogen and oxygen atoms in total. The van der Waals surface area contributed by atoms with Crippen LogP contribution in [0.3, 0.4) is 0 Å². The van der Waals surface area contributed by atoms with E-state index in [1.54, 1.807) is 0 Å². The summed E-state index contributed by atoms with van der Waals surface area (Å²) in [5.41, 5.74) is 3.25. The van der Waals surface area contributed by atoms with E-state index in [2.05, 4.69) is 25.3 Å². The average Bonchev–Trinajstić information content (AvgIpc) is 3.18. The molecule has 1 aromatic carbocycles. The first-order valence-electron chi connectivity index (χ1n) is 5.79. The van der Waals surface area contributed by atoms with E-state index in [0.717, 1.165) is 11.1 Å². The summed E-state index contributed by atoms with van der Waals surface area (Å²) in [5, 5.41) is 10.3. The third-order valence-electron chi connectivity index (χ3n) is 3.02. The van der Waals surface area contributed by atoms with E-state index in [0.29, 0.717) is 30.8 Å². The number of nitrogens with zero attached hydrogens (tertiary/aromatic N) is 4. The van der Waals surface area contributed by atoms with E-state index < -0.39 is 0 Å². The molecule has 0 saturated carbocycles. The molecule has 19 heavy (non-hydrogen) atoms. The van der Waals surface area contributed by atoms with Crippen molar-refractivity contribution in [2.24, 2.45) is 0 Å². The summed E-state index contributed by atoms with van der Waals surface area (Å²) in [6, 6.07) is 5.99. The first-order valence-corrected chi connectivity index (χ1v) is 5.79. The number of aromatic amines is 1. The zero-order valence-corrected chi connectivity index (χ0v) is 9.83. The van der Waals surface area contributed by atoms with Gasteiger partial charge in [0.25, 0.3) is 5.89 Å². The van der Waals surface area contributed by atoms with E-state index in [9.17, 15) is 0 Å². The Labute approximate surface area is 107 Å². The third-order valence-corrected chi connectivity index (χ3v) is 3.02. The van der Waals surface area contributed by atoms with Gasteiger partial charge in [0, 0.05) is 5.56 Å². The monoisotopic (exact) mass is 255 g/mol. The van der Waals surface area contributed by atoms with Gasteiger partial charge in [0.15, 0.2) is 5.82 Å². The van der Waals surface area contributed by atoms with Gasteiger partial charge in [-0.3, -0.25) is 5.10 Å². The largest absolute Gasteiger partial charge is 0.372 e. The lowest BCUT2D eigenvalue weighted by Crippen LogP contribution is -1.86. The van der Waals surface area contributed by atoms with Crippen LogP contribution in [0, 0.1) is 0 Å². The summed E-state index contributed by atoms with van der Waals surface area (Å²) in [4.78, 5) is 8.28. The van der Waals surface area contributed by atoms with Crippen LogP contribution < -0.4 is 0 Å². The molecular weight excluding hydrogens is 246 g/mol. The van der Waals surface area contributed by atoms with Gasteiger partial charge < -0.3 is 9.26 Å². The molecule has 0 amide bonds. The highest BCUT2D eigenvalue weighted by Gasteiger charge is 2.16. The van der Waals surface area contributed by atoms with E-state index in [1.165, 1.54) is 11.9 Å². The van der Waals surface area contributed by atoms with Crippen molar-refractivity contribution < 1.29 is 9.26 Å². The number of hydrogen-bond acceptors (Lipinski definition) is 6. The van der Waals surface area contributed by atoms with E-state index in [-0.39, 0.29) is 0 Å². The number of H-pyrrole nitrogens is 1. The molecule has 3 aromatic rings. The topological polar surface area (TPSA) is 89.7 Å². The Morgan fingerprint density at radius 2 is 2.11 bits per heavy atom. The number of rotatable bonds is 2. The fourth-order valence-electron chi connectivity index (χ4n) is 2.06. The molecule has 0 spiro atoms. The van der Waals surface area contributed by atoms with Gasteiger partial charge in [0.1, 0.15) is 6.33 Å². The second kappa shape index (κ2) is 3.99. The molecule has 7 heteroatoms. The fraction of sp³-hybridized carbons (Fsp3) is 0.167. The first-order chi connectivity index (χ1) is 9.40. The van der Waals surface area contributed by atoms with Crippen molar-refractivity contribution in [2.45, 2.75) is 13.2 Å². The highest BCUT2D eigenvalue weighted by Crippen LogP contribution is 2.26. The maximum Gasteiger partial charge on any atom is 0.258 e. The van der Waals surface area contributed by atoms with Crippen LogP contribution in [-0.2, 0) is 18.0 Å². The lowest BCUT2D eigenvalue weighted by Gasteiger charge is -1.98. The van der Waals surface area contributed by atoms with Gasteiger partial charge in [-0.15, -0.1) is 0 Å². The molecule has 1 aliphatic rings. The molecule has 0 unspecified atom stereocenters. The Bertz CT molecular complexity index is 720. The van der Waals surface area contributed by atoms with Gasteiger partial charge in [-0.2, -0.15) is 10.1 Å². The lowest BCUT2D eigenvalue weighted by molar-refractivity contribution is 0.134. The van der Waals surface area contributed by atoms with Crippen LogP contribution in [0.2, 0.25) is 0 Å². The van der Waals surface area contributed by atoms with Gasteiger partial charge in [0.05, 0.1) is 13.2 Å². The Kier molecular flexibility index (Phi) is 2.18. The molecule has 0 radical (unpaired) electrons. The van der Waals surface area contributed by atoms with Crippen LogP contribution in [0.5, 0.6) is 0 Å². The normalized spacial score (nSPS) is 13.7. The second-order valence-corrected chi connectivity index (χ2v) is 4.23. The van der Waals surface area contributed by atoms with Crippen molar-refractivity contribution in [2.75, 3.05) is 0 Å². The van der Waals surface area contributed by atoms with Crippen molar-refractivity contribution in [3.63, 3.8) is 0 Å². The Morgan fingerprint density at radius 1 is 1.16 bits per heavy atom. The van der Waals surface area contributed by atoms with Crippen LogP contribution in [0.4, 0.5) is 0 Å². The molecular formula is C12H9N5O2. The zero-order chi connectivity index (χ0) is 12.7. The standard InChI is InChI=1S/C12H9N5O2/c1-2-8-4-18-5-9(8)3-7(1)12-15-11(17-19-12)10-13-6-14-16-10/h1-3,6H,4-5H2,(H,13,14,16). The summed E-state index contributed by atoms with van der Waals surface area (Å²) in [6.45, 7) is 1.30. The maximum absolute atomic E-state index is 5.38. The number of hydrogen-bond donors (Lipinski definition) is 1. The van der Waals surface area contributed by atoms with Crippen molar-refractivity contribution in [1.82, 2.24) is 25.3 Å². The summed E-state index contributed by atoms with van der Waals surface area (Å²) in [5.74, 6) is 1.34. The SMILES string of the molecule is c1n[nH]c(-c2noc(-c3ccc4c(c3)COC4)n2)n1. The minimum Gasteiger partial charge on any atom is -0.372 e. The predicted molar refractivity (Wildman–Crippen MR) is 63.6 cm³/mol. The second-order valence-electron chi connectivity index (χ2n) is 4.23.